The molecule has 0 bridgehead atoms. The number of nitro benzene ring substituents is 1. The molecule has 0 radical (unpaired) electrons. The quantitative estimate of drug-likeness (QED) is 0.650. The first-order chi connectivity index (χ1) is 7.72. The number of primary amides is 1. The number of hydrogen-bond donors (Lipinski definition) is 1. The summed E-state index contributed by atoms with van der Waals surface area (Å²) >= 11 is 0. The van der Waals surface area contributed by atoms with Crippen molar-refractivity contribution in [1.82, 2.24) is 0 Å². The van der Waals surface area contributed by atoms with Crippen LogP contribution in [0.1, 0.15) is 10.4 Å². The molecule has 0 unspecified atom stereocenters. The predicted molar refractivity (Wildman–Crippen MR) is 48.3 cm³/mol. The van der Waals surface area contributed by atoms with Gasteiger partial charge in [0.25, 0.3) is 11.6 Å². The molecule has 1 amide bonds. The SMILES string of the molecule is NC(=O)c1c(OC(F)(F)F)cccc1[N+](=O)[O-]. The van der Waals surface area contributed by atoms with Crippen LogP contribution in [-0.4, -0.2) is 17.2 Å². The molecule has 0 aromatic heterocycles. The fourth-order valence-corrected chi connectivity index (χ4v) is 1.13. The molecule has 17 heavy (non-hydrogen) atoms. The highest BCUT2D eigenvalue weighted by Crippen LogP contribution is 2.31. The minimum Gasteiger partial charge on any atom is -0.405 e. The third-order valence-corrected chi connectivity index (χ3v) is 1.67. The summed E-state index contributed by atoms with van der Waals surface area (Å²) in [6.07, 6.45) is -5.07. The Morgan fingerprint density at radius 2 is 2.00 bits per heavy atom. The van der Waals surface area contributed by atoms with Gasteiger partial charge in [-0.2, -0.15) is 0 Å². The van der Waals surface area contributed by atoms with Gasteiger partial charge in [0.15, 0.2) is 5.56 Å². The van der Waals surface area contributed by atoms with Gasteiger partial charge in [0.05, 0.1) is 4.92 Å². The van der Waals surface area contributed by atoms with Crippen molar-refractivity contribution < 1.29 is 27.6 Å². The van der Waals surface area contributed by atoms with Crippen molar-refractivity contribution in [2.45, 2.75) is 6.36 Å². The van der Waals surface area contributed by atoms with E-state index in [1.807, 2.05) is 0 Å². The van der Waals surface area contributed by atoms with Gasteiger partial charge in [-0.3, -0.25) is 14.9 Å². The topological polar surface area (TPSA) is 95.5 Å². The van der Waals surface area contributed by atoms with Gasteiger partial charge in [-0.1, -0.05) is 6.07 Å². The molecule has 6 nitrogen and oxygen atoms in total. The van der Waals surface area contributed by atoms with Gasteiger partial charge < -0.3 is 10.5 Å². The van der Waals surface area contributed by atoms with Crippen LogP contribution in [0.2, 0.25) is 0 Å². The van der Waals surface area contributed by atoms with Crippen LogP contribution in [0.15, 0.2) is 18.2 Å². The zero-order valence-corrected chi connectivity index (χ0v) is 8.02. The van der Waals surface area contributed by atoms with Crippen LogP contribution in [-0.2, 0) is 0 Å². The Kier molecular flexibility index (Phi) is 3.21. The van der Waals surface area contributed by atoms with Crippen molar-refractivity contribution >= 4 is 11.6 Å². The van der Waals surface area contributed by atoms with Crippen molar-refractivity contribution in [2.24, 2.45) is 5.73 Å². The summed E-state index contributed by atoms with van der Waals surface area (Å²) < 4.78 is 39.4. The minimum atomic E-state index is -5.07. The number of nitrogens with zero attached hydrogens (tertiary/aromatic N) is 1. The van der Waals surface area contributed by atoms with E-state index in [2.05, 4.69) is 4.74 Å². The second kappa shape index (κ2) is 4.28. The van der Waals surface area contributed by atoms with Gasteiger partial charge in [0, 0.05) is 6.07 Å². The van der Waals surface area contributed by atoms with E-state index < -0.39 is 34.2 Å². The van der Waals surface area contributed by atoms with Crippen LogP contribution in [0.4, 0.5) is 18.9 Å². The lowest BCUT2D eigenvalue weighted by Gasteiger charge is -2.11. The van der Waals surface area contributed by atoms with E-state index >= 15 is 0 Å². The number of nitrogens with two attached hydrogens (primary N) is 1. The van der Waals surface area contributed by atoms with Crippen LogP contribution in [0.25, 0.3) is 0 Å². The van der Waals surface area contributed by atoms with Crippen LogP contribution in [0.3, 0.4) is 0 Å². The molecule has 0 saturated heterocycles. The molecule has 2 N–H and O–H groups in total. The molecule has 0 fully saturated rings. The second-order valence-electron chi connectivity index (χ2n) is 2.82. The van der Waals surface area contributed by atoms with Crippen LogP contribution < -0.4 is 10.5 Å². The highest BCUT2D eigenvalue weighted by Gasteiger charge is 2.35. The molecule has 0 spiro atoms. The lowest BCUT2D eigenvalue weighted by molar-refractivity contribution is -0.385. The van der Waals surface area contributed by atoms with E-state index in [-0.39, 0.29) is 0 Å². The number of amides is 1. The maximum Gasteiger partial charge on any atom is 0.573 e. The Balaban J connectivity index is 3.35. The highest BCUT2D eigenvalue weighted by molar-refractivity contribution is 5.99. The zero-order valence-electron chi connectivity index (χ0n) is 8.02. The molecule has 1 aromatic carbocycles. The number of alkyl halides is 3. The summed E-state index contributed by atoms with van der Waals surface area (Å²) in [5.41, 5.74) is 3.01. The maximum absolute atomic E-state index is 12.0. The summed E-state index contributed by atoms with van der Waals surface area (Å²) in [4.78, 5) is 20.4. The zero-order chi connectivity index (χ0) is 13.2. The summed E-state index contributed by atoms with van der Waals surface area (Å²) in [7, 11) is 0. The molecule has 0 heterocycles. The first kappa shape index (κ1) is 12.7. The number of halogens is 3. The lowest BCUT2D eigenvalue weighted by atomic mass is 10.1. The van der Waals surface area contributed by atoms with Crippen LogP contribution >= 0.6 is 0 Å². The molecule has 92 valence electrons. The Morgan fingerprint density at radius 3 is 2.41 bits per heavy atom. The number of carbonyl (C=O) groups is 1. The minimum absolute atomic E-state index is 0.764. The summed E-state index contributed by atoms with van der Waals surface area (Å²) in [5, 5.41) is 10.5. The molecule has 0 aliphatic heterocycles. The molecule has 0 saturated carbocycles. The third kappa shape index (κ3) is 3.06. The molecule has 9 heteroatoms. The number of benzene rings is 1. The summed E-state index contributed by atoms with van der Waals surface area (Å²) in [6, 6.07) is 2.57. The van der Waals surface area contributed by atoms with Gasteiger partial charge in [-0.05, 0) is 6.07 Å². The fourth-order valence-electron chi connectivity index (χ4n) is 1.13. The van der Waals surface area contributed by atoms with Gasteiger partial charge >= 0.3 is 6.36 Å². The van der Waals surface area contributed by atoms with E-state index in [1.165, 1.54) is 0 Å². The highest BCUT2D eigenvalue weighted by atomic mass is 19.4. The molecule has 0 aliphatic carbocycles. The van der Waals surface area contributed by atoms with Crippen LogP contribution in [0, 0.1) is 10.1 Å². The maximum atomic E-state index is 12.0. The van der Waals surface area contributed by atoms with Crippen LogP contribution in [0.5, 0.6) is 5.75 Å². The summed E-state index contributed by atoms with van der Waals surface area (Å²) in [6.45, 7) is 0. The number of rotatable bonds is 3. The molecule has 0 aliphatic rings. The molecular weight excluding hydrogens is 245 g/mol. The predicted octanol–water partition coefficient (Wildman–Crippen LogP) is 1.59. The lowest BCUT2D eigenvalue weighted by Crippen LogP contribution is -2.21. The molecule has 1 aromatic rings. The Morgan fingerprint density at radius 1 is 1.41 bits per heavy atom. The number of ether oxygens (including phenoxy) is 1. The number of hydrogen-bond acceptors (Lipinski definition) is 4. The Labute approximate surface area is 91.9 Å². The summed E-state index contributed by atoms with van der Waals surface area (Å²) in [5.74, 6) is -2.38. The average molecular weight is 250 g/mol. The van der Waals surface area contributed by atoms with Crippen molar-refractivity contribution in [2.75, 3.05) is 0 Å². The number of nitro groups is 1. The molecule has 0 atom stereocenters. The van der Waals surface area contributed by atoms with E-state index in [9.17, 15) is 28.1 Å². The first-order valence-corrected chi connectivity index (χ1v) is 4.05. The van der Waals surface area contributed by atoms with Gasteiger partial charge in [-0.25, -0.2) is 0 Å². The van der Waals surface area contributed by atoms with E-state index in [1.54, 1.807) is 0 Å². The van der Waals surface area contributed by atoms with Gasteiger partial charge in [0.2, 0.25) is 0 Å². The molecular formula is C8H5F3N2O4. The largest absolute Gasteiger partial charge is 0.573 e. The van der Waals surface area contributed by atoms with Crippen molar-refractivity contribution in [3.8, 4) is 5.75 Å². The van der Waals surface area contributed by atoms with Crippen molar-refractivity contribution in [3.05, 3.63) is 33.9 Å². The Bertz CT molecular complexity index is 472. The second-order valence-corrected chi connectivity index (χ2v) is 2.82. The average Bonchev–Trinajstić information content (AvgIpc) is 2.14. The van der Waals surface area contributed by atoms with Crippen molar-refractivity contribution in [1.29, 1.82) is 0 Å². The van der Waals surface area contributed by atoms with Gasteiger partial charge in [0.1, 0.15) is 5.75 Å². The van der Waals surface area contributed by atoms with Crippen molar-refractivity contribution in [3.63, 3.8) is 0 Å². The number of carbonyl (C=O) groups excluding carboxylic acids is 1. The van der Waals surface area contributed by atoms with E-state index in [0.29, 0.717) is 0 Å². The van der Waals surface area contributed by atoms with E-state index in [0.717, 1.165) is 18.2 Å². The molecule has 1 rings (SSSR count). The van der Waals surface area contributed by atoms with E-state index in [4.69, 9.17) is 5.73 Å². The standard InChI is InChI=1S/C8H5F3N2O4/c9-8(10,11)17-5-3-1-2-4(13(15)16)6(5)7(12)14/h1-3H,(H2,12,14). The fraction of sp³-hybridized carbons (Fsp3) is 0.125. The van der Waals surface area contributed by atoms with Gasteiger partial charge in [-0.15, -0.1) is 13.2 Å². The third-order valence-electron chi connectivity index (χ3n) is 1.67. The Hall–Kier alpha value is -2.32. The first-order valence-electron chi connectivity index (χ1n) is 4.05. The normalized spacial score (nSPS) is 11.0. The smallest absolute Gasteiger partial charge is 0.405 e. The monoisotopic (exact) mass is 250 g/mol.